The summed E-state index contributed by atoms with van der Waals surface area (Å²) >= 11 is 2.00. The number of nitrogens with one attached hydrogen (secondary N) is 2. The lowest BCUT2D eigenvalue weighted by molar-refractivity contribution is 0.0956. The smallest absolute Gasteiger partial charge is 0.251 e. The Morgan fingerprint density at radius 2 is 2.25 bits per heavy atom. The summed E-state index contributed by atoms with van der Waals surface area (Å²) in [6.45, 7) is 7.22. The third-order valence-electron chi connectivity index (χ3n) is 3.92. The third-order valence-corrected chi connectivity index (χ3v) is 4.98. The SMILES string of the molecule is CCNC(=O)c1cccc(NC2CSCCC2(C)C)c1. The van der Waals surface area contributed by atoms with Gasteiger partial charge in [0.2, 0.25) is 0 Å². The van der Waals surface area contributed by atoms with Gasteiger partial charge in [-0.05, 0) is 42.7 Å². The monoisotopic (exact) mass is 292 g/mol. The lowest BCUT2D eigenvalue weighted by atomic mass is 9.82. The maximum absolute atomic E-state index is 11.9. The summed E-state index contributed by atoms with van der Waals surface area (Å²) in [5.74, 6) is 2.36. The van der Waals surface area contributed by atoms with E-state index in [1.54, 1.807) is 0 Å². The zero-order valence-electron chi connectivity index (χ0n) is 12.5. The Balaban J connectivity index is 2.09. The van der Waals surface area contributed by atoms with Crippen LogP contribution in [0.4, 0.5) is 5.69 Å². The number of carbonyl (C=O) groups is 1. The number of carbonyl (C=O) groups excluding carboxylic acids is 1. The minimum Gasteiger partial charge on any atom is -0.381 e. The summed E-state index contributed by atoms with van der Waals surface area (Å²) in [4.78, 5) is 11.9. The third kappa shape index (κ3) is 3.69. The fourth-order valence-corrected chi connectivity index (χ4v) is 3.99. The lowest BCUT2D eigenvalue weighted by Gasteiger charge is -2.39. The Bertz CT molecular complexity index is 473. The first kappa shape index (κ1) is 15.2. The van der Waals surface area contributed by atoms with Gasteiger partial charge in [-0.1, -0.05) is 19.9 Å². The highest BCUT2D eigenvalue weighted by molar-refractivity contribution is 7.99. The molecule has 1 heterocycles. The molecule has 0 aliphatic carbocycles. The van der Waals surface area contributed by atoms with Crippen LogP contribution in [-0.2, 0) is 0 Å². The van der Waals surface area contributed by atoms with Crippen LogP contribution >= 0.6 is 11.8 Å². The molecule has 0 bridgehead atoms. The van der Waals surface area contributed by atoms with Crippen molar-refractivity contribution in [3.8, 4) is 0 Å². The topological polar surface area (TPSA) is 41.1 Å². The summed E-state index contributed by atoms with van der Waals surface area (Å²) in [6.07, 6.45) is 1.23. The Morgan fingerprint density at radius 1 is 1.45 bits per heavy atom. The highest BCUT2D eigenvalue weighted by Gasteiger charge is 2.32. The van der Waals surface area contributed by atoms with E-state index in [9.17, 15) is 4.79 Å². The highest BCUT2D eigenvalue weighted by Crippen LogP contribution is 2.36. The predicted molar refractivity (Wildman–Crippen MR) is 87.6 cm³/mol. The van der Waals surface area contributed by atoms with Gasteiger partial charge < -0.3 is 10.6 Å². The second-order valence-corrected chi connectivity index (χ2v) is 7.10. The van der Waals surface area contributed by atoms with E-state index in [2.05, 4.69) is 24.5 Å². The Kier molecular flexibility index (Phi) is 4.97. The summed E-state index contributed by atoms with van der Waals surface area (Å²) in [5.41, 5.74) is 2.06. The maximum atomic E-state index is 11.9. The molecule has 20 heavy (non-hydrogen) atoms. The highest BCUT2D eigenvalue weighted by atomic mass is 32.2. The number of anilines is 1. The second kappa shape index (κ2) is 6.53. The largest absolute Gasteiger partial charge is 0.381 e. The number of hydrogen-bond acceptors (Lipinski definition) is 3. The summed E-state index contributed by atoms with van der Waals surface area (Å²) in [6, 6.07) is 8.23. The van der Waals surface area contributed by atoms with E-state index in [0.717, 1.165) is 17.0 Å². The number of amides is 1. The predicted octanol–water partition coefficient (Wildman–Crippen LogP) is 3.38. The van der Waals surface area contributed by atoms with Gasteiger partial charge in [0, 0.05) is 29.6 Å². The Morgan fingerprint density at radius 3 is 2.95 bits per heavy atom. The molecule has 3 nitrogen and oxygen atoms in total. The molecule has 4 heteroatoms. The number of thioether (sulfide) groups is 1. The number of benzene rings is 1. The summed E-state index contributed by atoms with van der Waals surface area (Å²) < 4.78 is 0. The van der Waals surface area contributed by atoms with E-state index in [1.807, 2.05) is 43.0 Å². The van der Waals surface area contributed by atoms with Crippen molar-refractivity contribution < 1.29 is 4.79 Å². The molecule has 0 aromatic heterocycles. The molecule has 110 valence electrons. The van der Waals surface area contributed by atoms with Crippen molar-refractivity contribution in [1.82, 2.24) is 5.32 Å². The zero-order chi connectivity index (χ0) is 14.6. The number of hydrogen-bond donors (Lipinski definition) is 2. The molecule has 1 aliphatic rings. The molecule has 1 fully saturated rings. The molecular weight excluding hydrogens is 268 g/mol. The van der Waals surface area contributed by atoms with E-state index >= 15 is 0 Å². The van der Waals surface area contributed by atoms with Gasteiger partial charge in [-0.25, -0.2) is 0 Å². The molecule has 2 rings (SSSR count). The molecule has 0 radical (unpaired) electrons. The van der Waals surface area contributed by atoms with Crippen LogP contribution in [0, 0.1) is 5.41 Å². The Hall–Kier alpha value is -1.16. The lowest BCUT2D eigenvalue weighted by Crippen LogP contribution is -2.41. The van der Waals surface area contributed by atoms with E-state index in [4.69, 9.17) is 0 Å². The first-order valence-corrected chi connectivity index (χ1v) is 8.41. The van der Waals surface area contributed by atoms with Gasteiger partial charge in [0.25, 0.3) is 5.91 Å². The molecule has 1 aromatic rings. The van der Waals surface area contributed by atoms with Crippen LogP contribution in [0.3, 0.4) is 0 Å². The van der Waals surface area contributed by atoms with E-state index < -0.39 is 0 Å². The standard InChI is InChI=1S/C16H24N2OS/c1-4-17-15(19)12-6-5-7-13(10-12)18-14-11-20-9-8-16(14,2)3/h5-7,10,14,18H,4,8-9,11H2,1-3H3,(H,17,19). The van der Waals surface area contributed by atoms with E-state index in [0.29, 0.717) is 18.0 Å². The van der Waals surface area contributed by atoms with E-state index in [-0.39, 0.29) is 5.91 Å². The fourth-order valence-electron chi connectivity index (χ4n) is 2.39. The molecule has 1 aliphatic heterocycles. The molecule has 1 amide bonds. The van der Waals surface area contributed by atoms with Crippen LogP contribution in [0.15, 0.2) is 24.3 Å². The molecule has 0 saturated carbocycles. The van der Waals surface area contributed by atoms with Crippen molar-refractivity contribution in [2.45, 2.75) is 33.2 Å². The first-order valence-electron chi connectivity index (χ1n) is 7.25. The fraction of sp³-hybridized carbons (Fsp3) is 0.562. The molecular formula is C16H24N2OS. The van der Waals surface area contributed by atoms with Gasteiger partial charge in [0.15, 0.2) is 0 Å². The van der Waals surface area contributed by atoms with Crippen LogP contribution < -0.4 is 10.6 Å². The van der Waals surface area contributed by atoms with Crippen LogP contribution in [0.1, 0.15) is 37.6 Å². The Labute approximate surface area is 125 Å². The maximum Gasteiger partial charge on any atom is 0.251 e. The van der Waals surface area contributed by atoms with Crippen molar-refractivity contribution in [2.24, 2.45) is 5.41 Å². The van der Waals surface area contributed by atoms with Gasteiger partial charge in [-0.15, -0.1) is 0 Å². The van der Waals surface area contributed by atoms with Crippen molar-refractivity contribution in [2.75, 3.05) is 23.4 Å². The minimum absolute atomic E-state index is 0.00608. The molecule has 2 N–H and O–H groups in total. The minimum atomic E-state index is -0.00608. The van der Waals surface area contributed by atoms with Crippen LogP contribution in [0.2, 0.25) is 0 Å². The molecule has 1 atom stereocenters. The summed E-state index contributed by atoms with van der Waals surface area (Å²) in [7, 11) is 0. The first-order chi connectivity index (χ1) is 9.53. The molecule has 1 unspecified atom stereocenters. The van der Waals surface area contributed by atoms with Gasteiger partial charge in [-0.2, -0.15) is 11.8 Å². The van der Waals surface area contributed by atoms with Gasteiger partial charge in [0.1, 0.15) is 0 Å². The quantitative estimate of drug-likeness (QED) is 0.894. The molecule has 1 saturated heterocycles. The van der Waals surface area contributed by atoms with E-state index in [1.165, 1.54) is 12.2 Å². The summed E-state index contributed by atoms with van der Waals surface area (Å²) in [5, 5.41) is 6.45. The van der Waals surface area contributed by atoms with Crippen molar-refractivity contribution >= 4 is 23.4 Å². The number of rotatable bonds is 4. The zero-order valence-corrected chi connectivity index (χ0v) is 13.3. The normalized spacial score (nSPS) is 21.2. The van der Waals surface area contributed by atoms with Crippen LogP contribution in [0.25, 0.3) is 0 Å². The average Bonchev–Trinajstić information content (AvgIpc) is 2.42. The van der Waals surface area contributed by atoms with Crippen molar-refractivity contribution in [3.63, 3.8) is 0 Å². The van der Waals surface area contributed by atoms with Gasteiger partial charge >= 0.3 is 0 Å². The van der Waals surface area contributed by atoms with Crippen molar-refractivity contribution in [1.29, 1.82) is 0 Å². The van der Waals surface area contributed by atoms with Gasteiger partial charge in [0.05, 0.1) is 0 Å². The average molecular weight is 292 g/mol. The second-order valence-electron chi connectivity index (χ2n) is 5.95. The van der Waals surface area contributed by atoms with Crippen LogP contribution in [0.5, 0.6) is 0 Å². The molecule has 1 aromatic carbocycles. The van der Waals surface area contributed by atoms with Gasteiger partial charge in [-0.3, -0.25) is 4.79 Å². The van der Waals surface area contributed by atoms with Crippen LogP contribution in [-0.4, -0.2) is 30.0 Å². The van der Waals surface area contributed by atoms with Crippen molar-refractivity contribution in [3.05, 3.63) is 29.8 Å². The molecule has 0 spiro atoms.